The van der Waals surface area contributed by atoms with Gasteiger partial charge in [-0.3, -0.25) is 4.79 Å². The van der Waals surface area contributed by atoms with Gasteiger partial charge in [-0.2, -0.15) is 0 Å². The molecule has 1 aromatic carbocycles. The van der Waals surface area contributed by atoms with Gasteiger partial charge in [0.1, 0.15) is 12.4 Å². The number of carbonyl (C=O) groups is 2. The standard InChI is InChI=1S/C10H8BrNO4/c11-6-3-1-2-5-8(6)16-4-7(10(14)15)12-9(5)13/h1-3,7H,4H2,(H,12,13)(H,14,15). The lowest BCUT2D eigenvalue weighted by Gasteiger charge is -2.09. The van der Waals surface area contributed by atoms with Crippen molar-refractivity contribution in [3.05, 3.63) is 28.2 Å². The molecule has 0 radical (unpaired) electrons. The lowest BCUT2D eigenvalue weighted by Crippen LogP contribution is -2.42. The number of benzene rings is 1. The number of hydrogen-bond acceptors (Lipinski definition) is 3. The average molecular weight is 286 g/mol. The minimum absolute atomic E-state index is 0.0866. The molecule has 1 aromatic rings. The zero-order valence-corrected chi connectivity index (χ0v) is 9.65. The van der Waals surface area contributed by atoms with Gasteiger partial charge in [-0.1, -0.05) is 6.07 Å². The molecule has 1 aliphatic heterocycles. The van der Waals surface area contributed by atoms with Gasteiger partial charge in [0, 0.05) is 0 Å². The molecule has 0 saturated heterocycles. The molecule has 2 rings (SSSR count). The van der Waals surface area contributed by atoms with Gasteiger partial charge in [-0.25, -0.2) is 4.79 Å². The summed E-state index contributed by atoms with van der Waals surface area (Å²) < 4.78 is 5.94. The van der Waals surface area contributed by atoms with E-state index < -0.39 is 17.9 Å². The van der Waals surface area contributed by atoms with Crippen LogP contribution in [0.5, 0.6) is 5.75 Å². The molecule has 2 N–H and O–H groups in total. The van der Waals surface area contributed by atoms with E-state index in [2.05, 4.69) is 21.2 Å². The number of fused-ring (bicyclic) bond motifs is 1. The van der Waals surface area contributed by atoms with Crippen LogP contribution in [0.3, 0.4) is 0 Å². The highest BCUT2D eigenvalue weighted by molar-refractivity contribution is 9.10. The number of carboxylic acid groups (broad SMARTS) is 1. The van der Waals surface area contributed by atoms with E-state index in [9.17, 15) is 9.59 Å². The number of aliphatic carboxylic acids is 1. The van der Waals surface area contributed by atoms with Crippen molar-refractivity contribution in [1.82, 2.24) is 5.32 Å². The quantitative estimate of drug-likeness (QED) is 0.808. The van der Waals surface area contributed by atoms with Crippen LogP contribution in [-0.2, 0) is 4.79 Å². The van der Waals surface area contributed by atoms with Gasteiger partial charge in [0.25, 0.3) is 5.91 Å². The Hall–Kier alpha value is -1.56. The number of carboxylic acids is 1. The molecule has 84 valence electrons. The number of nitrogens with one attached hydrogen (secondary N) is 1. The summed E-state index contributed by atoms with van der Waals surface area (Å²) in [5.41, 5.74) is 0.332. The topological polar surface area (TPSA) is 75.6 Å². The Morgan fingerprint density at radius 1 is 1.56 bits per heavy atom. The van der Waals surface area contributed by atoms with Crippen molar-refractivity contribution >= 4 is 27.8 Å². The molecular weight excluding hydrogens is 278 g/mol. The van der Waals surface area contributed by atoms with Gasteiger partial charge in [0.2, 0.25) is 0 Å². The van der Waals surface area contributed by atoms with E-state index in [1.54, 1.807) is 18.2 Å². The van der Waals surface area contributed by atoms with Crippen LogP contribution >= 0.6 is 15.9 Å². The highest BCUT2D eigenvalue weighted by atomic mass is 79.9. The normalized spacial score (nSPS) is 19.1. The number of para-hydroxylation sites is 1. The van der Waals surface area contributed by atoms with Gasteiger partial charge in [0.15, 0.2) is 6.04 Å². The molecule has 5 nitrogen and oxygen atoms in total. The minimum Gasteiger partial charge on any atom is -0.489 e. The van der Waals surface area contributed by atoms with Crippen LogP contribution in [0, 0.1) is 0 Å². The fourth-order valence-electron chi connectivity index (χ4n) is 1.41. The first kappa shape index (κ1) is 10.9. The van der Waals surface area contributed by atoms with E-state index in [1.807, 2.05) is 0 Å². The van der Waals surface area contributed by atoms with Crippen molar-refractivity contribution in [3.63, 3.8) is 0 Å². The Morgan fingerprint density at radius 2 is 2.31 bits per heavy atom. The Labute approximate surface area is 99.5 Å². The first-order valence-electron chi connectivity index (χ1n) is 4.54. The van der Waals surface area contributed by atoms with Crippen LogP contribution in [0.4, 0.5) is 0 Å². The summed E-state index contributed by atoms with van der Waals surface area (Å²) in [6.45, 7) is -0.0866. The maximum atomic E-state index is 11.7. The van der Waals surface area contributed by atoms with Crippen molar-refractivity contribution < 1.29 is 19.4 Å². The van der Waals surface area contributed by atoms with Crippen LogP contribution in [0.2, 0.25) is 0 Å². The molecule has 0 fully saturated rings. The molecule has 0 saturated carbocycles. The van der Waals surface area contributed by atoms with Gasteiger partial charge in [0.05, 0.1) is 10.0 Å². The summed E-state index contributed by atoms with van der Waals surface area (Å²) in [6.07, 6.45) is 0. The molecule has 1 heterocycles. The summed E-state index contributed by atoms with van der Waals surface area (Å²) in [6, 6.07) is 3.98. The van der Waals surface area contributed by atoms with Gasteiger partial charge >= 0.3 is 5.97 Å². The zero-order chi connectivity index (χ0) is 11.7. The Kier molecular flexibility index (Phi) is 2.82. The Bertz CT molecular complexity index is 460. The third-order valence-corrected chi connectivity index (χ3v) is 2.83. The Balaban J connectivity index is 2.39. The number of halogens is 1. The molecular formula is C10H8BrNO4. The molecule has 0 bridgehead atoms. The van der Waals surface area contributed by atoms with Gasteiger partial charge in [-0.15, -0.1) is 0 Å². The maximum Gasteiger partial charge on any atom is 0.329 e. The summed E-state index contributed by atoms with van der Waals surface area (Å²) in [5, 5.41) is 11.2. The summed E-state index contributed by atoms with van der Waals surface area (Å²) >= 11 is 3.25. The minimum atomic E-state index is -1.11. The molecule has 0 aliphatic carbocycles. The fraction of sp³-hybridized carbons (Fsp3) is 0.200. The van der Waals surface area contributed by atoms with Crippen LogP contribution in [0.1, 0.15) is 10.4 Å². The van der Waals surface area contributed by atoms with Crippen LogP contribution < -0.4 is 10.1 Å². The van der Waals surface area contributed by atoms with Crippen molar-refractivity contribution in [2.45, 2.75) is 6.04 Å². The van der Waals surface area contributed by atoms with Crippen molar-refractivity contribution in [1.29, 1.82) is 0 Å². The van der Waals surface area contributed by atoms with Crippen molar-refractivity contribution in [2.75, 3.05) is 6.61 Å². The molecule has 1 atom stereocenters. The molecule has 0 aromatic heterocycles. The molecule has 6 heteroatoms. The highest BCUT2D eigenvalue weighted by Crippen LogP contribution is 2.30. The zero-order valence-electron chi connectivity index (χ0n) is 8.07. The molecule has 1 amide bonds. The molecule has 0 spiro atoms. The lowest BCUT2D eigenvalue weighted by molar-refractivity contribution is -0.139. The van der Waals surface area contributed by atoms with Crippen LogP contribution in [0.25, 0.3) is 0 Å². The second-order valence-electron chi connectivity index (χ2n) is 3.29. The monoisotopic (exact) mass is 285 g/mol. The smallest absolute Gasteiger partial charge is 0.329 e. The number of ether oxygens (including phenoxy) is 1. The highest BCUT2D eigenvalue weighted by Gasteiger charge is 2.28. The van der Waals surface area contributed by atoms with Crippen molar-refractivity contribution in [2.24, 2.45) is 0 Å². The first-order chi connectivity index (χ1) is 7.59. The van der Waals surface area contributed by atoms with E-state index in [0.717, 1.165) is 0 Å². The Morgan fingerprint density at radius 3 is 3.00 bits per heavy atom. The summed E-state index contributed by atoms with van der Waals surface area (Å²) in [5.74, 6) is -1.18. The molecule has 1 aliphatic rings. The second kappa shape index (κ2) is 4.13. The largest absolute Gasteiger partial charge is 0.489 e. The number of rotatable bonds is 1. The third-order valence-electron chi connectivity index (χ3n) is 2.21. The average Bonchev–Trinajstić information content (AvgIpc) is 2.40. The van der Waals surface area contributed by atoms with E-state index >= 15 is 0 Å². The summed E-state index contributed by atoms with van der Waals surface area (Å²) in [7, 11) is 0. The van der Waals surface area contributed by atoms with Crippen LogP contribution in [0.15, 0.2) is 22.7 Å². The first-order valence-corrected chi connectivity index (χ1v) is 5.34. The van der Waals surface area contributed by atoms with Crippen LogP contribution in [-0.4, -0.2) is 29.6 Å². The number of amides is 1. The van der Waals surface area contributed by atoms with E-state index in [-0.39, 0.29) is 6.61 Å². The van der Waals surface area contributed by atoms with E-state index in [0.29, 0.717) is 15.8 Å². The lowest BCUT2D eigenvalue weighted by atomic mass is 10.2. The molecule has 1 unspecified atom stereocenters. The second-order valence-corrected chi connectivity index (χ2v) is 4.15. The molecule has 16 heavy (non-hydrogen) atoms. The third kappa shape index (κ3) is 1.88. The van der Waals surface area contributed by atoms with E-state index in [1.165, 1.54) is 0 Å². The van der Waals surface area contributed by atoms with Gasteiger partial charge < -0.3 is 15.2 Å². The SMILES string of the molecule is O=C1NC(C(=O)O)COc2c(Br)cccc21. The van der Waals surface area contributed by atoms with Gasteiger partial charge in [-0.05, 0) is 28.1 Å². The predicted octanol–water partition coefficient (Wildman–Crippen LogP) is 1.02. The number of hydrogen-bond donors (Lipinski definition) is 2. The van der Waals surface area contributed by atoms with Crippen molar-refractivity contribution in [3.8, 4) is 5.75 Å². The fourth-order valence-corrected chi connectivity index (χ4v) is 1.89. The predicted molar refractivity (Wildman–Crippen MR) is 58.5 cm³/mol. The van der Waals surface area contributed by atoms with E-state index in [4.69, 9.17) is 9.84 Å². The summed E-state index contributed by atoms with van der Waals surface area (Å²) in [4.78, 5) is 22.5. The number of carbonyl (C=O) groups excluding carboxylic acids is 1. The maximum absolute atomic E-state index is 11.7.